The van der Waals surface area contributed by atoms with Crippen molar-refractivity contribution < 1.29 is 19.4 Å². The van der Waals surface area contributed by atoms with E-state index < -0.39 is 5.97 Å². The molecule has 0 amide bonds. The van der Waals surface area contributed by atoms with Crippen molar-refractivity contribution in [3.05, 3.63) is 106 Å². The highest BCUT2D eigenvalue weighted by atomic mass is 35.5. The van der Waals surface area contributed by atoms with E-state index in [1.165, 1.54) is 6.07 Å². The summed E-state index contributed by atoms with van der Waals surface area (Å²) in [6.45, 7) is 1.72. The van der Waals surface area contributed by atoms with Crippen molar-refractivity contribution >= 4 is 34.5 Å². The first kappa shape index (κ1) is 22.6. The number of pyridine rings is 1. The van der Waals surface area contributed by atoms with E-state index in [4.69, 9.17) is 16.3 Å². The smallest absolute Gasteiger partial charge is 0.336 e. The lowest BCUT2D eigenvalue weighted by atomic mass is 9.90. The number of hydrogen-bond acceptors (Lipinski definition) is 5. The second-order valence-electron chi connectivity index (χ2n) is 8.21. The fourth-order valence-corrected chi connectivity index (χ4v) is 4.26. The van der Waals surface area contributed by atoms with Gasteiger partial charge in [-0.1, -0.05) is 66.2 Å². The number of ketones is 1. The number of fused-ring (bicyclic) bond motifs is 1. The van der Waals surface area contributed by atoms with Gasteiger partial charge in [-0.2, -0.15) is 4.98 Å². The number of allylic oxidation sites excluding steroid dienone is 4. The topological polar surface area (TPSA) is 105 Å². The Labute approximate surface area is 205 Å². The number of H-pyrrole nitrogens is 1. The minimum Gasteiger partial charge on any atom is -0.478 e. The molecule has 174 valence electrons. The van der Waals surface area contributed by atoms with Crippen LogP contribution in [-0.2, 0) is 0 Å². The van der Waals surface area contributed by atoms with E-state index in [0.717, 1.165) is 0 Å². The zero-order valence-corrected chi connectivity index (χ0v) is 19.4. The Hall–Kier alpha value is -4.23. The SMILES string of the molecule is Cc1ccc(Oc2nc3nc(C4C=CC(C(=O)c5ccccc5)=CC4)c(Cl)cc3[nH]2)cc1C(=O)O. The van der Waals surface area contributed by atoms with Crippen LogP contribution >= 0.6 is 11.6 Å². The molecule has 0 fully saturated rings. The number of nitrogens with zero attached hydrogens (tertiary/aromatic N) is 2. The molecule has 0 aliphatic heterocycles. The maximum atomic E-state index is 12.7. The summed E-state index contributed by atoms with van der Waals surface area (Å²) in [5.74, 6) is -0.810. The molecule has 35 heavy (non-hydrogen) atoms. The number of carboxylic acid groups (broad SMARTS) is 1. The first-order valence-corrected chi connectivity index (χ1v) is 11.3. The summed E-state index contributed by atoms with van der Waals surface area (Å²) in [7, 11) is 0. The van der Waals surface area contributed by atoms with Crippen molar-refractivity contribution in [3.8, 4) is 11.8 Å². The molecule has 0 spiro atoms. The van der Waals surface area contributed by atoms with E-state index in [-0.39, 0.29) is 23.3 Å². The van der Waals surface area contributed by atoms with Gasteiger partial charge in [-0.15, -0.1) is 0 Å². The van der Waals surface area contributed by atoms with Crippen LogP contribution in [0.15, 0.2) is 78.4 Å². The summed E-state index contributed by atoms with van der Waals surface area (Å²) < 4.78 is 5.74. The molecule has 0 saturated heterocycles. The molecule has 5 rings (SSSR count). The predicted molar refractivity (Wildman–Crippen MR) is 132 cm³/mol. The number of aromatic carboxylic acids is 1. The minimum atomic E-state index is -1.03. The van der Waals surface area contributed by atoms with E-state index in [9.17, 15) is 14.7 Å². The largest absolute Gasteiger partial charge is 0.478 e. The summed E-state index contributed by atoms with van der Waals surface area (Å²) in [6.07, 6.45) is 6.22. The average Bonchev–Trinajstić information content (AvgIpc) is 3.25. The van der Waals surface area contributed by atoms with Gasteiger partial charge in [0, 0.05) is 17.1 Å². The normalized spacial score (nSPS) is 15.1. The number of hydrogen-bond donors (Lipinski definition) is 2. The third-order valence-electron chi connectivity index (χ3n) is 5.84. The Morgan fingerprint density at radius 2 is 1.91 bits per heavy atom. The van der Waals surface area contributed by atoms with Gasteiger partial charge in [0.25, 0.3) is 0 Å². The molecule has 0 saturated carbocycles. The van der Waals surface area contributed by atoms with Crippen molar-refractivity contribution in [2.45, 2.75) is 19.3 Å². The summed E-state index contributed by atoms with van der Waals surface area (Å²) in [5.41, 5.74) is 3.74. The lowest BCUT2D eigenvalue weighted by molar-refractivity contribution is 0.0695. The van der Waals surface area contributed by atoms with Gasteiger partial charge in [-0.3, -0.25) is 4.79 Å². The summed E-state index contributed by atoms with van der Waals surface area (Å²) in [5, 5.41) is 9.80. The average molecular weight is 486 g/mol. The monoisotopic (exact) mass is 485 g/mol. The predicted octanol–water partition coefficient (Wildman–Crippen LogP) is 6.26. The van der Waals surface area contributed by atoms with Crippen molar-refractivity contribution in [1.29, 1.82) is 0 Å². The van der Waals surface area contributed by atoms with Gasteiger partial charge in [-0.05, 0) is 37.1 Å². The molecule has 1 aliphatic carbocycles. The fourth-order valence-electron chi connectivity index (χ4n) is 3.97. The maximum Gasteiger partial charge on any atom is 0.336 e. The first-order valence-electron chi connectivity index (χ1n) is 10.9. The number of aryl methyl sites for hydroxylation is 1. The molecule has 4 aromatic rings. The van der Waals surface area contributed by atoms with E-state index in [2.05, 4.69) is 15.0 Å². The van der Waals surface area contributed by atoms with Crippen LogP contribution in [0.2, 0.25) is 5.02 Å². The molecule has 1 unspecified atom stereocenters. The van der Waals surface area contributed by atoms with Gasteiger partial charge in [0.15, 0.2) is 11.4 Å². The van der Waals surface area contributed by atoms with E-state index in [0.29, 0.717) is 50.8 Å². The number of ether oxygens (including phenoxy) is 1. The quantitative estimate of drug-likeness (QED) is 0.312. The highest BCUT2D eigenvalue weighted by Crippen LogP contribution is 2.33. The maximum absolute atomic E-state index is 12.7. The molecule has 1 atom stereocenters. The number of halogens is 1. The van der Waals surface area contributed by atoms with Crippen molar-refractivity contribution in [1.82, 2.24) is 15.0 Å². The number of Topliss-reactive ketones (excluding diaryl/α,β-unsaturated/α-hetero) is 1. The van der Waals surface area contributed by atoms with Gasteiger partial charge in [0.1, 0.15) is 5.75 Å². The molecule has 0 radical (unpaired) electrons. The number of carbonyl (C=O) groups excluding carboxylic acids is 1. The Bertz CT molecular complexity index is 1520. The highest BCUT2D eigenvalue weighted by molar-refractivity contribution is 6.31. The second-order valence-corrected chi connectivity index (χ2v) is 8.62. The highest BCUT2D eigenvalue weighted by Gasteiger charge is 2.21. The first-order chi connectivity index (χ1) is 16.9. The number of carboxylic acids is 1. The molecule has 0 bridgehead atoms. The summed E-state index contributed by atoms with van der Waals surface area (Å²) in [4.78, 5) is 36.1. The Morgan fingerprint density at radius 3 is 2.63 bits per heavy atom. The van der Waals surface area contributed by atoms with Gasteiger partial charge in [0.2, 0.25) is 0 Å². The van der Waals surface area contributed by atoms with Crippen LogP contribution in [0.5, 0.6) is 11.8 Å². The lowest BCUT2D eigenvalue weighted by Gasteiger charge is -2.16. The lowest BCUT2D eigenvalue weighted by Crippen LogP contribution is -2.08. The molecule has 8 heteroatoms. The molecular formula is C27H20ClN3O4. The zero-order valence-electron chi connectivity index (χ0n) is 18.7. The van der Waals surface area contributed by atoms with Crippen LogP contribution in [0.4, 0.5) is 0 Å². The van der Waals surface area contributed by atoms with Gasteiger partial charge in [-0.25, -0.2) is 9.78 Å². The Kier molecular flexibility index (Phi) is 5.93. The van der Waals surface area contributed by atoms with E-state index >= 15 is 0 Å². The van der Waals surface area contributed by atoms with Gasteiger partial charge >= 0.3 is 12.0 Å². The third-order valence-corrected chi connectivity index (χ3v) is 6.14. The van der Waals surface area contributed by atoms with E-state index in [1.54, 1.807) is 37.3 Å². The number of aromatic nitrogens is 3. The number of nitrogens with one attached hydrogen (secondary N) is 1. The molecule has 2 aromatic carbocycles. The molecular weight excluding hydrogens is 466 g/mol. The van der Waals surface area contributed by atoms with Gasteiger partial charge < -0.3 is 14.8 Å². The van der Waals surface area contributed by atoms with Crippen LogP contribution in [0.3, 0.4) is 0 Å². The van der Waals surface area contributed by atoms with Crippen molar-refractivity contribution in [2.24, 2.45) is 0 Å². The number of aromatic amines is 1. The Morgan fingerprint density at radius 1 is 1.11 bits per heavy atom. The van der Waals surface area contributed by atoms with Crippen LogP contribution in [0, 0.1) is 6.92 Å². The number of carbonyl (C=O) groups is 2. The molecule has 7 nitrogen and oxygen atoms in total. The molecule has 2 heterocycles. The third kappa shape index (κ3) is 4.58. The number of benzene rings is 2. The van der Waals surface area contributed by atoms with Crippen LogP contribution in [-0.4, -0.2) is 31.8 Å². The molecule has 1 aliphatic rings. The number of imidazole rings is 1. The zero-order chi connectivity index (χ0) is 24.5. The van der Waals surface area contributed by atoms with E-state index in [1.807, 2.05) is 36.4 Å². The van der Waals surface area contributed by atoms with Crippen molar-refractivity contribution in [3.63, 3.8) is 0 Å². The molecule has 2 aromatic heterocycles. The summed E-state index contributed by atoms with van der Waals surface area (Å²) in [6, 6.07) is 15.9. The summed E-state index contributed by atoms with van der Waals surface area (Å²) >= 11 is 6.54. The van der Waals surface area contributed by atoms with Crippen LogP contribution < -0.4 is 4.74 Å². The number of rotatable bonds is 6. The second kappa shape index (κ2) is 9.19. The minimum absolute atomic E-state index is 0.0222. The molecule has 2 N–H and O–H groups in total. The fraction of sp³-hybridized carbons (Fsp3) is 0.111. The standard InChI is InChI=1S/C27H20ClN3O4/c1-15-7-12-19(13-20(15)26(33)34)35-27-29-22-14-21(28)23(30-25(22)31-27)16-8-10-18(11-9-16)24(32)17-5-3-2-4-6-17/h2-8,10-14,16H,9H2,1H3,(H,33,34)(H,29,30,31). The van der Waals surface area contributed by atoms with Crippen LogP contribution in [0.25, 0.3) is 11.2 Å². The van der Waals surface area contributed by atoms with Crippen molar-refractivity contribution in [2.75, 3.05) is 0 Å². The van der Waals surface area contributed by atoms with Gasteiger partial charge in [0.05, 0.1) is 21.8 Å². The Balaban J connectivity index is 1.36. The van der Waals surface area contributed by atoms with Crippen LogP contribution in [0.1, 0.15) is 44.3 Å².